The van der Waals surface area contributed by atoms with Crippen molar-refractivity contribution in [1.29, 1.82) is 0 Å². The van der Waals surface area contributed by atoms with Gasteiger partial charge in [-0.1, -0.05) is 0 Å². The summed E-state index contributed by atoms with van der Waals surface area (Å²) in [4.78, 5) is 0. The third-order valence-corrected chi connectivity index (χ3v) is 1.05. The first-order chi connectivity index (χ1) is 3.06. The molecule has 0 atom stereocenters. The van der Waals surface area contributed by atoms with Crippen LogP contribution in [0.3, 0.4) is 0 Å². The topological polar surface area (TPSA) is 74.6 Å². The third kappa shape index (κ3) is 9.69. The van der Waals surface area contributed by atoms with Gasteiger partial charge in [0.05, 0.1) is 12.4 Å². The fourth-order valence-electron chi connectivity index (χ4n) is 0.115. The van der Waals surface area contributed by atoms with Gasteiger partial charge in [0.1, 0.15) is 0 Å². The smallest absolute Gasteiger partial charge is 0.267 e. The van der Waals surface area contributed by atoms with Gasteiger partial charge in [0.25, 0.3) is 10.1 Å². The molecule has 0 saturated heterocycles. The second kappa shape index (κ2) is 4.36. The van der Waals surface area contributed by atoms with Crippen molar-refractivity contribution in [3.8, 4) is 0 Å². The van der Waals surface area contributed by atoms with Gasteiger partial charge in [-0.3, -0.25) is 4.55 Å². The second-order valence-corrected chi connectivity index (χ2v) is 2.58. The summed E-state index contributed by atoms with van der Waals surface area (Å²) in [6.45, 7) is -0.529. The molecule has 0 aliphatic heterocycles. The Morgan fingerprint density at radius 1 is 1.38 bits per heavy atom. The van der Waals surface area contributed by atoms with Crippen molar-refractivity contribution < 1.29 is 18.1 Å². The SMILES string of the molecule is O=S(=O)(O)CCO.[Li]. The van der Waals surface area contributed by atoms with E-state index in [2.05, 4.69) is 0 Å². The van der Waals surface area contributed by atoms with Crippen molar-refractivity contribution in [2.45, 2.75) is 0 Å². The van der Waals surface area contributed by atoms with Crippen LogP contribution in [0, 0.1) is 0 Å². The first-order valence-corrected chi connectivity index (χ1v) is 3.23. The zero-order valence-electron chi connectivity index (χ0n) is 4.53. The zero-order chi connectivity index (χ0) is 5.91. The normalized spacial score (nSPS) is 10.2. The molecule has 0 rings (SSSR count). The van der Waals surface area contributed by atoms with Gasteiger partial charge in [-0.05, 0) is 0 Å². The largest absolute Gasteiger partial charge is 0.395 e. The van der Waals surface area contributed by atoms with E-state index in [1.807, 2.05) is 0 Å². The molecule has 45 valence electrons. The Morgan fingerprint density at radius 2 is 1.75 bits per heavy atom. The Balaban J connectivity index is 0. The van der Waals surface area contributed by atoms with Crippen LogP contribution in [0.2, 0.25) is 0 Å². The molecular formula is C2H6LiO4S. The first-order valence-electron chi connectivity index (χ1n) is 1.62. The predicted octanol–water partition coefficient (Wildman–Crippen LogP) is -1.51. The Morgan fingerprint density at radius 3 is 1.75 bits per heavy atom. The Bertz CT molecular complexity index is 127. The summed E-state index contributed by atoms with van der Waals surface area (Å²) in [6, 6.07) is 0. The maximum atomic E-state index is 9.63. The van der Waals surface area contributed by atoms with Crippen LogP contribution < -0.4 is 0 Å². The van der Waals surface area contributed by atoms with Crippen LogP contribution in [0.5, 0.6) is 0 Å². The summed E-state index contributed by atoms with van der Waals surface area (Å²) < 4.78 is 27.1. The molecule has 0 amide bonds. The first kappa shape index (κ1) is 11.3. The average molecular weight is 133 g/mol. The number of hydrogen-bond acceptors (Lipinski definition) is 3. The Kier molecular flexibility index (Phi) is 6.15. The summed E-state index contributed by atoms with van der Waals surface area (Å²) in [7, 11) is -3.92. The van der Waals surface area contributed by atoms with Gasteiger partial charge in [-0.25, -0.2) is 0 Å². The van der Waals surface area contributed by atoms with E-state index < -0.39 is 22.5 Å². The van der Waals surface area contributed by atoms with Crippen LogP contribution in [-0.4, -0.2) is 49.3 Å². The van der Waals surface area contributed by atoms with Crippen LogP contribution in [-0.2, 0) is 10.1 Å². The molecule has 0 fully saturated rings. The molecule has 4 nitrogen and oxygen atoms in total. The van der Waals surface area contributed by atoms with Gasteiger partial charge >= 0.3 is 0 Å². The molecule has 8 heavy (non-hydrogen) atoms. The fourth-order valence-corrected chi connectivity index (χ4v) is 0.346. The van der Waals surface area contributed by atoms with E-state index in [-0.39, 0.29) is 18.9 Å². The van der Waals surface area contributed by atoms with Gasteiger partial charge in [0, 0.05) is 18.9 Å². The molecular weight excluding hydrogens is 127 g/mol. The molecule has 2 N–H and O–H groups in total. The molecule has 0 aliphatic rings. The fraction of sp³-hybridized carbons (Fsp3) is 1.00. The number of hydrogen-bond donors (Lipinski definition) is 2. The molecule has 0 aliphatic carbocycles. The molecule has 0 spiro atoms. The molecule has 0 saturated carbocycles. The van der Waals surface area contributed by atoms with Crippen molar-refractivity contribution in [2.75, 3.05) is 12.4 Å². The van der Waals surface area contributed by atoms with Crippen molar-refractivity contribution >= 4 is 29.0 Å². The molecule has 0 unspecified atom stereocenters. The number of aliphatic hydroxyl groups is 1. The van der Waals surface area contributed by atoms with Crippen molar-refractivity contribution in [3.63, 3.8) is 0 Å². The molecule has 1 radical (unpaired) electrons. The summed E-state index contributed by atoms with van der Waals surface area (Å²) in [6.07, 6.45) is 0. The van der Waals surface area contributed by atoms with Gasteiger partial charge in [0.2, 0.25) is 0 Å². The molecule has 0 heterocycles. The summed E-state index contributed by atoms with van der Waals surface area (Å²) in [5.74, 6) is -0.576. The van der Waals surface area contributed by atoms with E-state index in [1.165, 1.54) is 0 Å². The average Bonchev–Trinajstić information content (AvgIpc) is 1.30. The van der Waals surface area contributed by atoms with Crippen LogP contribution in [0.4, 0.5) is 0 Å². The van der Waals surface area contributed by atoms with Crippen LogP contribution in [0.25, 0.3) is 0 Å². The Labute approximate surface area is 59.8 Å². The van der Waals surface area contributed by atoms with Crippen molar-refractivity contribution in [2.24, 2.45) is 0 Å². The van der Waals surface area contributed by atoms with Gasteiger partial charge in [-0.2, -0.15) is 8.42 Å². The van der Waals surface area contributed by atoms with Crippen LogP contribution in [0.1, 0.15) is 0 Å². The van der Waals surface area contributed by atoms with E-state index in [0.717, 1.165) is 0 Å². The quantitative estimate of drug-likeness (QED) is 0.354. The van der Waals surface area contributed by atoms with Crippen molar-refractivity contribution in [3.05, 3.63) is 0 Å². The minimum absolute atomic E-state index is 0. The molecule has 0 aromatic heterocycles. The summed E-state index contributed by atoms with van der Waals surface area (Å²) in [5, 5.41) is 7.86. The maximum Gasteiger partial charge on any atom is 0.267 e. The van der Waals surface area contributed by atoms with Crippen molar-refractivity contribution in [1.82, 2.24) is 0 Å². The summed E-state index contributed by atoms with van der Waals surface area (Å²) in [5.41, 5.74) is 0. The third-order valence-electron chi connectivity index (χ3n) is 0.349. The second-order valence-electron chi connectivity index (χ2n) is 1.01. The standard InChI is InChI=1S/C2H6O4S.Li/c3-1-2-7(4,5)6;/h3H,1-2H2,(H,4,5,6);. The minimum atomic E-state index is -3.92. The Hall–Kier alpha value is 0.467. The predicted molar refractivity (Wildman–Crippen MR) is 29.3 cm³/mol. The molecule has 0 bridgehead atoms. The van der Waals surface area contributed by atoms with Gasteiger partial charge in [-0.15, -0.1) is 0 Å². The van der Waals surface area contributed by atoms with E-state index >= 15 is 0 Å². The monoisotopic (exact) mass is 133 g/mol. The molecule has 6 heteroatoms. The van der Waals surface area contributed by atoms with Crippen LogP contribution in [0.15, 0.2) is 0 Å². The minimum Gasteiger partial charge on any atom is -0.395 e. The number of rotatable bonds is 2. The zero-order valence-corrected chi connectivity index (χ0v) is 5.35. The van der Waals surface area contributed by atoms with Gasteiger partial charge in [0.15, 0.2) is 0 Å². The molecule has 0 aromatic carbocycles. The van der Waals surface area contributed by atoms with E-state index in [1.54, 1.807) is 0 Å². The van der Waals surface area contributed by atoms with E-state index in [9.17, 15) is 8.42 Å². The maximum absolute atomic E-state index is 9.63. The summed E-state index contributed by atoms with van der Waals surface area (Å²) >= 11 is 0. The van der Waals surface area contributed by atoms with E-state index in [4.69, 9.17) is 9.66 Å². The van der Waals surface area contributed by atoms with Gasteiger partial charge < -0.3 is 5.11 Å². The van der Waals surface area contributed by atoms with E-state index in [0.29, 0.717) is 0 Å². The molecule has 0 aromatic rings. The number of aliphatic hydroxyl groups excluding tert-OH is 1. The van der Waals surface area contributed by atoms with Crippen LogP contribution >= 0.6 is 0 Å².